The van der Waals surface area contributed by atoms with E-state index in [2.05, 4.69) is 16.8 Å². The van der Waals surface area contributed by atoms with Crippen LogP contribution in [0.25, 0.3) is 0 Å². The third kappa shape index (κ3) is 2.49. The van der Waals surface area contributed by atoms with E-state index in [-0.39, 0.29) is 5.56 Å². The quantitative estimate of drug-likeness (QED) is 0.595. The summed E-state index contributed by atoms with van der Waals surface area (Å²) in [5.74, 6) is 4.39. The molecule has 1 rings (SSSR count). The average molecular weight is 196 g/mol. The number of alkyl halides is 3. The lowest BCUT2D eigenvalue weighted by molar-refractivity contribution is -0.141. The van der Waals surface area contributed by atoms with Crippen molar-refractivity contribution >= 4 is 0 Å². The van der Waals surface area contributed by atoms with E-state index in [0.717, 1.165) is 12.3 Å². The Labute approximate surface area is 78.0 Å². The lowest BCUT2D eigenvalue weighted by Crippen LogP contribution is -2.07. The van der Waals surface area contributed by atoms with Crippen molar-refractivity contribution in [1.82, 2.24) is 4.98 Å². The van der Waals surface area contributed by atoms with Crippen molar-refractivity contribution < 1.29 is 13.2 Å². The van der Waals surface area contributed by atoms with Crippen molar-refractivity contribution in [3.05, 3.63) is 29.6 Å². The first-order valence-corrected chi connectivity index (χ1v) is 3.47. The lowest BCUT2D eigenvalue weighted by Gasteiger charge is -2.03. The van der Waals surface area contributed by atoms with Crippen LogP contribution in [0.15, 0.2) is 18.3 Å². The van der Waals surface area contributed by atoms with Crippen LogP contribution in [0.5, 0.6) is 0 Å². The number of hydrogen-bond acceptors (Lipinski definition) is 2. The third-order valence-electron chi connectivity index (χ3n) is 1.32. The molecule has 0 aliphatic heterocycles. The van der Waals surface area contributed by atoms with Crippen LogP contribution in [-0.2, 0) is 6.18 Å². The van der Waals surface area contributed by atoms with Gasteiger partial charge in [-0.15, -0.1) is 0 Å². The van der Waals surface area contributed by atoms with Crippen molar-refractivity contribution in [3.8, 4) is 17.9 Å². The number of rotatable bonds is 0. The van der Waals surface area contributed by atoms with Gasteiger partial charge in [0.05, 0.1) is 0 Å². The molecule has 1 heterocycles. The number of hydrogen-bond donors (Lipinski definition) is 0. The minimum Gasteiger partial charge on any atom is -0.250 e. The molecule has 5 heteroatoms. The number of nitriles is 1. The molecule has 0 aliphatic rings. The van der Waals surface area contributed by atoms with Crippen LogP contribution in [0.3, 0.4) is 0 Å². The van der Waals surface area contributed by atoms with E-state index in [0.29, 0.717) is 0 Å². The molecule has 2 nitrogen and oxygen atoms in total. The molecule has 0 atom stereocenters. The van der Waals surface area contributed by atoms with Gasteiger partial charge >= 0.3 is 6.18 Å². The second-order valence-corrected chi connectivity index (χ2v) is 2.29. The van der Waals surface area contributed by atoms with E-state index < -0.39 is 11.9 Å². The van der Waals surface area contributed by atoms with Crippen molar-refractivity contribution in [1.29, 1.82) is 5.26 Å². The van der Waals surface area contributed by atoms with E-state index >= 15 is 0 Å². The first kappa shape index (κ1) is 10.1. The summed E-state index contributed by atoms with van der Waals surface area (Å²) in [7, 11) is 0. The van der Waals surface area contributed by atoms with Crippen molar-refractivity contribution in [3.63, 3.8) is 0 Å². The molecule has 0 aromatic carbocycles. The van der Waals surface area contributed by atoms with Gasteiger partial charge in [-0.2, -0.15) is 18.4 Å². The second kappa shape index (κ2) is 3.80. The number of halogens is 3. The van der Waals surface area contributed by atoms with Gasteiger partial charge in [0.25, 0.3) is 0 Å². The summed E-state index contributed by atoms with van der Waals surface area (Å²) in [5, 5.41) is 8.09. The van der Waals surface area contributed by atoms with E-state index in [4.69, 9.17) is 5.26 Å². The van der Waals surface area contributed by atoms with Crippen LogP contribution in [0.1, 0.15) is 11.3 Å². The zero-order valence-electron chi connectivity index (χ0n) is 6.76. The van der Waals surface area contributed by atoms with Gasteiger partial charge in [0.2, 0.25) is 0 Å². The largest absolute Gasteiger partial charge is 0.433 e. The predicted molar refractivity (Wildman–Crippen MR) is 41.7 cm³/mol. The predicted octanol–water partition coefficient (Wildman–Crippen LogP) is 1.98. The number of nitrogens with zero attached hydrogens (tertiary/aromatic N) is 2. The molecule has 0 aliphatic carbocycles. The zero-order chi connectivity index (χ0) is 10.6. The summed E-state index contributed by atoms with van der Waals surface area (Å²) >= 11 is 0. The Morgan fingerprint density at radius 3 is 2.43 bits per heavy atom. The maximum Gasteiger partial charge on any atom is 0.433 e. The van der Waals surface area contributed by atoms with Gasteiger partial charge in [0.1, 0.15) is 5.69 Å². The van der Waals surface area contributed by atoms with E-state index in [1.807, 2.05) is 0 Å². The van der Waals surface area contributed by atoms with Gasteiger partial charge in [0, 0.05) is 17.7 Å². The highest BCUT2D eigenvalue weighted by atomic mass is 19.4. The average Bonchev–Trinajstić information content (AvgIpc) is 2.14. The summed E-state index contributed by atoms with van der Waals surface area (Å²) in [4.78, 5) is 3.17. The Balaban J connectivity index is 2.96. The number of aromatic nitrogens is 1. The van der Waals surface area contributed by atoms with Gasteiger partial charge in [0.15, 0.2) is 6.07 Å². The first-order valence-electron chi connectivity index (χ1n) is 3.47. The fourth-order valence-electron chi connectivity index (χ4n) is 0.736. The smallest absolute Gasteiger partial charge is 0.250 e. The Morgan fingerprint density at radius 2 is 2.00 bits per heavy atom. The first-order chi connectivity index (χ1) is 6.54. The maximum absolute atomic E-state index is 12.0. The Morgan fingerprint density at radius 1 is 1.29 bits per heavy atom. The zero-order valence-corrected chi connectivity index (χ0v) is 6.76. The van der Waals surface area contributed by atoms with Crippen molar-refractivity contribution in [2.75, 3.05) is 0 Å². The highest BCUT2D eigenvalue weighted by Crippen LogP contribution is 2.26. The second-order valence-electron chi connectivity index (χ2n) is 2.29. The summed E-state index contributed by atoms with van der Waals surface area (Å²) in [6, 6.07) is 3.54. The maximum atomic E-state index is 12.0. The summed E-state index contributed by atoms with van der Waals surface area (Å²) < 4.78 is 36.1. The van der Waals surface area contributed by atoms with Gasteiger partial charge in [-0.25, -0.2) is 0 Å². The molecule has 0 spiro atoms. The van der Waals surface area contributed by atoms with Gasteiger partial charge in [-0.3, -0.25) is 4.98 Å². The molecule has 0 bridgehead atoms. The molecule has 0 fully saturated rings. The van der Waals surface area contributed by atoms with E-state index in [1.54, 1.807) is 6.07 Å². The van der Waals surface area contributed by atoms with Gasteiger partial charge in [-0.05, 0) is 18.1 Å². The topological polar surface area (TPSA) is 36.7 Å². The molecule has 0 N–H and O–H groups in total. The van der Waals surface area contributed by atoms with Crippen LogP contribution in [0, 0.1) is 23.2 Å². The summed E-state index contributed by atoms with van der Waals surface area (Å²) in [6.07, 6.45) is -3.46. The van der Waals surface area contributed by atoms with Crippen molar-refractivity contribution in [2.45, 2.75) is 6.18 Å². The van der Waals surface area contributed by atoms with Crippen LogP contribution in [-0.4, -0.2) is 4.98 Å². The molecule has 0 saturated carbocycles. The molecule has 0 unspecified atom stereocenters. The molecule has 70 valence electrons. The van der Waals surface area contributed by atoms with E-state index in [1.165, 1.54) is 6.07 Å². The van der Waals surface area contributed by atoms with Gasteiger partial charge < -0.3 is 0 Å². The van der Waals surface area contributed by atoms with Crippen LogP contribution in [0.2, 0.25) is 0 Å². The standard InChI is InChI=1S/C9H3F3N2/c10-9(11,12)8-4-3-7(6-14-8)2-1-5-13/h3-4,6H. The Bertz CT molecular complexity index is 415. The molecule has 0 amide bonds. The van der Waals surface area contributed by atoms with Crippen LogP contribution < -0.4 is 0 Å². The monoisotopic (exact) mass is 196 g/mol. The lowest BCUT2D eigenvalue weighted by atomic mass is 10.2. The minimum atomic E-state index is -4.44. The summed E-state index contributed by atoms with van der Waals surface area (Å²) in [5.41, 5.74) is -0.695. The fourth-order valence-corrected chi connectivity index (χ4v) is 0.736. The highest BCUT2D eigenvalue weighted by molar-refractivity contribution is 5.36. The molecule has 0 radical (unpaired) electrons. The Kier molecular flexibility index (Phi) is 2.73. The fraction of sp³-hybridized carbons (Fsp3) is 0.111. The molecule has 0 saturated heterocycles. The minimum absolute atomic E-state index is 0.277. The summed E-state index contributed by atoms with van der Waals surface area (Å²) in [6.45, 7) is 0. The highest BCUT2D eigenvalue weighted by Gasteiger charge is 2.31. The Hall–Kier alpha value is -2.01. The molecular formula is C9H3F3N2. The van der Waals surface area contributed by atoms with Gasteiger partial charge in [-0.1, -0.05) is 0 Å². The van der Waals surface area contributed by atoms with Crippen LogP contribution in [0.4, 0.5) is 13.2 Å². The third-order valence-corrected chi connectivity index (χ3v) is 1.32. The normalized spacial score (nSPS) is 9.86. The van der Waals surface area contributed by atoms with Crippen LogP contribution >= 0.6 is 0 Å². The molecule has 1 aromatic heterocycles. The van der Waals surface area contributed by atoms with Crippen molar-refractivity contribution in [2.24, 2.45) is 0 Å². The molecular weight excluding hydrogens is 193 g/mol. The van der Waals surface area contributed by atoms with E-state index in [9.17, 15) is 13.2 Å². The SMILES string of the molecule is N#CC#Cc1ccc(C(F)(F)F)nc1. The molecule has 1 aromatic rings. The number of pyridine rings is 1. The molecule has 14 heavy (non-hydrogen) atoms.